The van der Waals surface area contributed by atoms with Gasteiger partial charge in [0.05, 0.1) is 25.6 Å². The lowest BCUT2D eigenvalue weighted by atomic mass is 10.1. The Morgan fingerprint density at radius 1 is 0.611 bits per heavy atom. The fourth-order valence-electron chi connectivity index (χ4n) is 3.48. The van der Waals surface area contributed by atoms with Crippen LogP contribution in [0.15, 0.2) is 94.9 Å². The Bertz CT molecular complexity index is 1440. The Labute approximate surface area is 210 Å². The lowest BCUT2D eigenvalue weighted by Gasteiger charge is -2.08. The third-order valence-electron chi connectivity index (χ3n) is 5.45. The Kier molecular flexibility index (Phi) is 7.78. The van der Waals surface area contributed by atoms with Crippen LogP contribution >= 0.6 is 0 Å². The van der Waals surface area contributed by atoms with Crippen molar-refractivity contribution in [1.82, 2.24) is 0 Å². The van der Waals surface area contributed by atoms with Crippen LogP contribution in [0.1, 0.15) is 22.3 Å². The molecule has 180 valence electrons. The number of ether oxygens (including phenoxy) is 2. The third-order valence-corrected chi connectivity index (χ3v) is 5.45. The zero-order valence-electron chi connectivity index (χ0n) is 20.0. The number of nitrogens with zero attached hydrogens (tertiary/aromatic N) is 2. The number of hydrogen-bond acceptors (Lipinski definition) is 6. The lowest BCUT2D eigenvalue weighted by molar-refractivity contribution is 0.355. The molecule has 4 aromatic rings. The molecule has 0 bridgehead atoms. The quantitative estimate of drug-likeness (QED) is 0.216. The van der Waals surface area contributed by atoms with Crippen molar-refractivity contribution in [2.75, 3.05) is 14.2 Å². The van der Waals surface area contributed by atoms with E-state index in [1.54, 1.807) is 63.0 Å². The minimum atomic E-state index is 0.150. The van der Waals surface area contributed by atoms with Gasteiger partial charge in [-0.25, -0.2) is 0 Å². The largest absolute Gasteiger partial charge is 0.507 e. The highest BCUT2D eigenvalue weighted by molar-refractivity contribution is 5.89. The van der Waals surface area contributed by atoms with Crippen LogP contribution in [0, 0.1) is 0 Å². The fraction of sp³-hybridized carbons (Fsp3) is 0.0667. The van der Waals surface area contributed by atoms with Gasteiger partial charge in [0.1, 0.15) is 11.5 Å². The first-order valence-corrected chi connectivity index (χ1v) is 11.3. The van der Waals surface area contributed by atoms with Crippen molar-refractivity contribution in [1.29, 1.82) is 0 Å². The summed E-state index contributed by atoms with van der Waals surface area (Å²) in [5.74, 6) is 1.62. The van der Waals surface area contributed by atoms with E-state index in [2.05, 4.69) is 9.98 Å². The van der Waals surface area contributed by atoms with Crippen molar-refractivity contribution in [2.45, 2.75) is 0 Å². The van der Waals surface area contributed by atoms with E-state index in [1.807, 2.05) is 60.7 Å². The van der Waals surface area contributed by atoms with Crippen LogP contribution in [0.25, 0.3) is 12.2 Å². The predicted molar refractivity (Wildman–Crippen MR) is 146 cm³/mol. The first-order valence-electron chi connectivity index (χ1n) is 11.3. The molecular formula is C30H26N2O4. The van der Waals surface area contributed by atoms with E-state index in [-0.39, 0.29) is 11.5 Å². The Morgan fingerprint density at radius 2 is 1.25 bits per heavy atom. The zero-order chi connectivity index (χ0) is 25.3. The van der Waals surface area contributed by atoms with Crippen LogP contribution in [-0.2, 0) is 0 Å². The molecule has 0 aromatic heterocycles. The number of aliphatic imine (C=N–C) groups is 2. The van der Waals surface area contributed by atoms with Gasteiger partial charge in [0.25, 0.3) is 0 Å². The second-order valence-corrected chi connectivity index (χ2v) is 7.82. The Morgan fingerprint density at radius 3 is 1.89 bits per heavy atom. The zero-order valence-corrected chi connectivity index (χ0v) is 20.0. The molecule has 0 aliphatic heterocycles. The molecule has 0 amide bonds. The summed E-state index contributed by atoms with van der Waals surface area (Å²) in [6.45, 7) is 0. The smallest absolute Gasteiger partial charge is 0.161 e. The minimum absolute atomic E-state index is 0.150. The Hall–Kier alpha value is -4.84. The predicted octanol–water partition coefficient (Wildman–Crippen LogP) is 6.79. The highest BCUT2D eigenvalue weighted by Gasteiger charge is 2.05. The molecule has 0 atom stereocenters. The number of rotatable bonds is 8. The van der Waals surface area contributed by atoms with Gasteiger partial charge >= 0.3 is 0 Å². The van der Waals surface area contributed by atoms with Crippen molar-refractivity contribution in [3.05, 3.63) is 107 Å². The van der Waals surface area contributed by atoms with Crippen molar-refractivity contribution >= 4 is 36.0 Å². The van der Waals surface area contributed by atoms with Gasteiger partial charge in [-0.1, -0.05) is 48.6 Å². The van der Waals surface area contributed by atoms with E-state index in [4.69, 9.17) is 9.47 Å². The van der Waals surface area contributed by atoms with Gasteiger partial charge in [0, 0.05) is 29.1 Å². The highest BCUT2D eigenvalue weighted by Crippen LogP contribution is 2.31. The number of phenolic OH excluding ortho intramolecular Hbond substituents is 2. The molecule has 4 rings (SSSR count). The first kappa shape index (κ1) is 24.3. The summed E-state index contributed by atoms with van der Waals surface area (Å²) in [4.78, 5) is 9.15. The molecule has 0 spiro atoms. The van der Waals surface area contributed by atoms with Gasteiger partial charge in [0.2, 0.25) is 0 Å². The van der Waals surface area contributed by atoms with Gasteiger partial charge in [-0.15, -0.1) is 0 Å². The van der Waals surface area contributed by atoms with Crippen LogP contribution in [0.2, 0.25) is 0 Å². The molecule has 0 aliphatic carbocycles. The molecule has 0 saturated carbocycles. The second kappa shape index (κ2) is 11.5. The molecule has 6 nitrogen and oxygen atoms in total. The molecule has 4 aromatic carbocycles. The summed E-state index contributed by atoms with van der Waals surface area (Å²) in [7, 11) is 3.21. The van der Waals surface area contributed by atoms with Gasteiger partial charge in [-0.3, -0.25) is 9.98 Å². The van der Waals surface area contributed by atoms with E-state index in [0.717, 1.165) is 11.1 Å². The average Bonchev–Trinajstić information content (AvgIpc) is 2.91. The normalized spacial score (nSPS) is 11.5. The van der Waals surface area contributed by atoms with Crippen molar-refractivity contribution in [3.63, 3.8) is 0 Å². The average molecular weight is 479 g/mol. The maximum atomic E-state index is 10.1. The number of aromatic hydroxyl groups is 2. The maximum absolute atomic E-state index is 10.1. The van der Waals surface area contributed by atoms with Crippen molar-refractivity contribution < 1.29 is 19.7 Å². The van der Waals surface area contributed by atoms with E-state index in [0.29, 0.717) is 34.0 Å². The lowest BCUT2D eigenvalue weighted by Crippen LogP contribution is -1.90. The molecule has 36 heavy (non-hydrogen) atoms. The standard InChI is InChI=1S/C30H26N2O4/c1-35-29-16-12-21(17-30(29)36-2)11-13-22-14-15-25(31-19-23-7-3-5-9-27(23)33)18-26(22)32-20-24-8-4-6-10-28(24)34/h3-20,33-34H,1-2H3/b13-11+,31-19?,32-20?. The summed E-state index contributed by atoms with van der Waals surface area (Å²) >= 11 is 0. The molecule has 0 unspecified atom stereocenters. The molecule has 0 saturated heterocycles. The maximum Gasteiger partial charge on any atom is 0.161 e. The van der Waals surface area contributed by atoms with E-state index < -0.39 is 0 Å². The monoisotopic (exact) mass is 478 g/mol. The van der Waals surface area contributed by atoms with E-state index in [1.165, 1.54) is 0 Å². The van der Waals surface area contributed by atoms with Gasteiger partial charge < -0.3 is 19.7 Å². The third kappa shape index (κ3) is 5.98. The van der Waals surface area contributed by atoms with Crippen LogP contribution in [0.3, 0.4) is 0 Å². The van der Waals surface area contributed by atoms with Crippen molar-refractivity contribution in [3.8, 4) is 23.0 Å². The molecule has 0 radical (unpaired) electrons. The number of hydrogen-bond donors (Lipinski definition) is 2. The van der Waals surface area contributed by atoms with Crippen LogP contribution in [0.5, 0.6) is 23.0 Å². The summed E-state index contributed by atoms with van der Waals surface area (Å²) in [6.07, 6.45) is 7.14. The van der Waals surface area contributed by atoms with Crippen LogP contribution in [0.4, 0.5) is 11.4 Å². The molecular weight excluding hydrogens is 452 g/mol. The summed E-state index contributed by atoms with van der Waals surface area (Å²) in [5.41, 5.74) is 4.36. The molecule has 6 heteroatoms. The van der Waals surface area contributed by atoms with Crippen LogP contribution < -0.4 is 9.47 Å². The highest BCUT2D eigenvalue weighted by atomic mass is 16.5. The summed E-state index contributed by atoms with van der Waals surface area (Å²) in [5, 5.41) is 20.1. The number of phenols is 2. The Balaban J connectivity index is 1.69. The number of benzene rings is 4. The van der Waals surface area contributed by atoms with E-state index >= 15 is 0 Å². The summed E-state index contributed by atoms with van der Waals surface area (Å²) < 4.78 is 10.7. The van der Waals surface area contributed by atoms with Crippen molar-refractivity contribution in [2.24, 2.45) is 9.98 Å². The minimum Gasteiger partial charge on any atom is -0.507 e. The SMILES string of the molecule is COc1ccc(/C=C/c2ccc(N=Cc3ccccc3O)cc2N=Cc2ccccc2O)cc1OC. The van der Waals surface area contributed by atoms with E-state index in [9.17, 15) is 10.2 Å². The molecule has 0 fully saturated rings. The molecule has 2 N–H and O–H groups in total. The fourth-order valence-corrected chi connectivity index (χ4v) is 3.48. The number of para-hydroxylation sites is 2. The topological polar surface area (TPSA) is 83.6 Å². The van der Waals surface area contributed by atoms with Gasteiger partial charge in [-0.2, -0.15) is 0 Å². The number of methoxy groups -OCH3 is 2. The molecule has 0 heterocycles. The van der Waals surface area contributed by atoms with Gasteiger partial charge in [-0.05, 0) is 54.1 Å². The first-order chi connectivity index (χ1) is 17.6. The molecule has 0 aliphatic rings. The van der Waals surface area contributed by atoms with Crippen LogP contribution in [-0.4, -0.2) is 36.9 Å². The second-order valence-electron chi connectivity index (χ2n) is 7.82. The summed E-state index contributed by atoms with van der Waals surface area (Å²) in [6, 6.07) is 25.3. The van der Waals surface area contributed by atoms with Gasteiger partial charge in [0.15, 0.2) is 11.5 Å².